The smallest absolute Gasteiger partial charge is 0.206 e. The van der Waals surface area contributed by atoms with E-state index in [1.807, 2.05) is 0 Å². The molecule has 0 unspecified atom stereocenters. The Kier molecular flexibility index (Phi) is 3.01. The molecule has 0 aliphatic heterocycles. The highest BCUT2D eigenvalue weighted by atomic mass is 79.9. The summed E-state index contributed by atoms with van der Waals surface area (Å²) < 4.78 is 36.9. The van der Waals surface area contributed by atoms with Crippen LogP contribution in [0.2, 0.25) is 5.02 Å². The fourth-order valence-corrected chi connectivity index (χ4v) is 1.43. The monoisotopic (exact) mass is 258 g/mol. The first-order valence-corrected chi connectivity index (χ1v) is 4.12. The fourth-order valence-electron chi connectivity index (χ4n) is 0.705. The Balaban J connectivity index is 3.23. The van der Waals surface area contributed by atoms with Gasteiger partial charge in [-0.25, -0.2) is 13.2 Å². The SMILES string of the molecule is Fc1cc(C(F)F)c(Cl)cc1Br. The molecule has 0 heterocycles. The highest BCUT2D eigenvalue weighted by Crippen LogP contribution is 2.31. The average molecular weight is 259 g/mol. The van der Waals surface area contributed by atoms with Crippen LogP contribution in [0.4, 0.5) is 13.2 Å². The van der Waals surface area contributed by atoms with Crippen molar-refractivity contribution in [3.05, 3.63) is 33.0 Å². The molecule has 1 aromatic carbocycles. The van der Waals surface area contributed by atoms with Crippen molar-refractivity contribution in [1.82, 2.24) is 0 Å². The van der Waals surface area contributed by atoms with E-state index >= 15 is 0 Å². The molecule has 0 saturated carbocycles. The van der Waals surface area contributed by atoms with Gasteiger partial charge in [0, 0.05) is 5.56 Å². The molecular weight excluding hydrogens is 256 g/mol. The molecule has 12 heavy (non-hydrogen) atoms. The van der Waals surface area contributed by atoms with Gasteiger partial charge in [-0.05, 0) is 28.1 Å². The van der Waals surface area contributed by atoms with Crippen molar-refractivity contribution in [1.29, 1.82) is 0 Å². The van der Waals surface area contributed by atoms with Crippen LogP contribution in [-0.4, -0.2) is 0 Å². The average Bonchev–Trinajstić information content (AvgIpc) is 1.96. The van der Waals surface area contributed by atoms with Gasteiger partial charge in [0.15, 0.2) is 0 Å². The van der Waals surface area contributed by atoms with Crippen molar-refractivity contribution in [3.63, 3.8) is 0 Å². The molecule has 66 valence electrons. The Labute approximate surface area is 80.5 Å². The van der Waals surface area contributed by atoms with Crippen LogP contribution in [0.5, 0.6) is 0 Å². The summed E-state index contributed by atoms with van der Waals surface area (Å²) in [6.07, 6.45) is -2.75. The zero-order valence-electron chi connectivity index (χ0n) is 5.62. The van der Waals surface area contributed by atoms with Crippen molar-refractivity contribution in [2.24, 2.45) is 0 Å². The lowest BCUT2D eigenvalue weighted by Crippen LogP contribution is -1.88. The highest BCUT2D eigenvalue weighted by molar-refractivity contribution is 9.10. The molecular formula is C7H3BrClF3. The molecule has 0 radical (unpaired) electrons. The second-order valence-corrected chi connectivity index (χ2v) is 3.35. The molecule has 0 nitrogen and oxygen atoms in total. The van der Waals surface area contributed by atoms with Crippen molar-refractivity contribution < 1.29 is 13.2 Å². The number of hydrogen-bond acceptors (Lipinski definition) is 0. The molecule has 0 bridgehead atoms. The summed E-state index contributed by atoms with van der Waals surface area (Å²) in [6, 6.07) is 1.83. The third kappa shape index (κ3) is 1.93. The second kappa shape index (κ2) is 3.66. The second-order valence-electron chi connectivity index (χ2n) is 2.09. The van der Waals surface area contributed by atoms with E-state index in [4.69, 9.17) is 11.6 Å². The minimum atomic E-state index is -2.75. The Morgan fingerprint density at radius 1 is 1.33 bits per heavy atom. The summed E-state index contributed by atoms with van der Waals surface area (Å²) in [6.45, 7) is 0. The lowest BCUT2D eigenvalue weighted by atomic mass is 10.2. The molecule has 1 aromatic rings. The van der Waals surface area contributed by atoms with Crippen LogP contribution in [0.1, 0.15) is 12.0 Å². The molecule has 0 fully saturated rings. The Morgan fingerprint density at radius 3 is 2.42 bits per heavy atom. The van der Waals surface area contributed by atoms with Gasteiger partial charge in [-0.1, -0.05) is 11.6 Å². The van der Waals surface area contributed by atoms with Crippen LogP contribution in [-0.2, 0) is 0 Å². The molecule has 1 rings (SSSR count). The highest BCUT2D eigenvalue weighted by Gasteiger charge is 2.14. The van der Waals surface area contributed by atoms with Crippen LogP contribution < -0.4 is 0 Å². The third-order valence-electron chi connectivity index (χ3n) is 1.27. The minimum absolute atomic E-state index is 0.0805. The normalized spacial score (nSPS) is 10.8. The van der Waals surface area contributed by atoms with Crippen molar-refractivity contribution >= 4 is 27.5 Å². The van der Waals surface area contributed by atoms with E-state index in [0.29, 0.717) is 0 Å². The van der Waals surface area contributed by atoms with Crippen LogP contribution >= 0.6 is 27.5 Å². The Bertz CT molecular complexity index is 301. The molecule has 0 amide bonds. The predicted molar refractivity (Wildman–Crippen MR) is 44.1 cm³/mol. The standard InChI is InChI=1S/C7H3BrClF3/c8-4-2-5(9)3(7(11)12)1-6(4)10/h1-2,7H. The van der Waals surface area contributed by atoms with Crippen molar-refractivity contribution in [2.75, 3.05) is 0 Å². The van der Waals surface area contributed by atoms with Gasteiger partial charge in [0.2, 0.25) is 0 Å². The molecule has 0 saturated heterocycles. The largest absolute Gasteiger partial charge is 0.265 e. The van der Waals surface area contributed by atoms with E-state index in [1.165, 1.54) is 0 Å². The Hall–Kier alpha value is -0.220. The summed E-state index contributed by atoms with van der Waals surface area (Å²) >= 11 is 8.24. The zero-order valence-corrected chi connectivity index (χ0v) is 7.96. The van der Waals surface area contributed by atoms with E-state index in [2.05, 4.69) is 15.9 Å². The summed E-state index contributed by atoms with van der Waals surface area (Å²) in [4.78, 5) is 0. The first-order valence-electron chi connectivity index (χ1n) is 2.95. The topological polar surface area (TPSA) is 0 Å². The van der Waals surface area contributed by atoms with Crippen LogP contribution in [0.25, 0.3) is 0 Å². The van der Waals surface area contributed by atoms with E-state index in [0.717, 1.165) is 12.1 Å². The quantitative estimate of drug-likeness (QED) is 0.664. The number of hydrogen-bond donors (Lipinski definition) is 0. The maximum atomic E-state index is 12.7. The number of benzene rings is 1. The molecule has 0 atom stereocenters. The molecule has 0 spiro atoms. The van der Waals surface area contributed by atoms with Gasteiger partial charge in [-0.15, -0.1) is 0 Å². The lowest BCUT2D eigenvalue weighted by Gasteiger charge is -2.03. The molecule has 0 N–H and O–H groups in total. The van der Waals surface area contributed by atoms with Gasteiger partial charge >= 0.3 is 0 Å². The van der Waals surface area contributed by atoms with Gasteiger partial charge < -0.3 is 0 Å². The van der Waals surface area contributed by atoms with Crippen molar-refractivity contribution in [3.8, 4) is 0 Å². The van der Waals surface area contributed by atoms with Gasteiger partial charge in [0.05, 0.1) is 9.50 Å². The maximum absolute atomic E-state index is 12.7. The van der Waals surface area contributed by atoms with Gasteiger partial charge in [0.1, 0.15) is 5.82 Å². The third-order valence-corrected chi connectivity index (χ3v) is 2.21. The molecule has 5 heteroatoms. The summed E-state index contributed by atoms with van der Waals surface area (Å²) in [5.74, 6) is -0.741. The number of rotatable bonds is 1. The summed E-state index contributed by atoms with van der Waals surface area (Å²) in [5, 5.41) is -0.140. The van der Waals surface area contributed by atoms with Crippen LogP contribution in [0.15, 0.2) is 16.6 Å². The first-order chi connectivity index (χ1) is 5.52. The van der Waals surface area contributed by atoms with Crippen LogP contribution in [0, 0.1) is 5.82 Å². The van der Waals surface area contributed by atoms with E-state index in [-0.39, 0.29) is 9.50 Å². The van der Waals surface area contributed by atoms with E-state index in [1.54, 1.807) is 0 Å². The summed E-state index contributed by atoms with van der Waals surface area (Å²) in [7, 11) is 0. The van der Waals surface area contributed by atoms with Gasteiger partial charge in [-0.2, -0.15) is 0 Å². The first kappa shape index (κ1) is 9.86. The molecule has 0 aliphatic rings. The lowest BCUT2D eigenvalue weighted by molar-refractivity contribution is 0.151. The van der Waals surface area contributed by atoms with Crippen LogP contribution in [0.3, 0.4) is 0 Å². The number of alkyl halides is 2. The molecule has 0 aliphatic carbocycles. The minimum Gasteiger partial charge on any atom is -0.206 e. The van der Waals surface area contributed by atoms with E-state index in [9.17, 15) is 13.2 Å². The predicted octanol–water partition coefficient (Wildman–Crippen LogP) is 4.18. The number of halogens is 5. The van der Waals surface area contributed by atoms with Crippen molar-refractivity contribution in [2.45, 2.75) is 6.43 Å². The zero-order chi connectivity index (χ0) is 9.30. The molecule has 0 aromatic heterocycles. The summed E-state index contributed by atoms with van der Waals surface area (Å²) in [5.41, 5.74) is -0.489. The van der Waals surface area contributed by atoms with Gasteiger partial charge in [-0.3, -0.25) is 0 Å². The van der Waals surface area contributed by atoms with Gasteiger partial charge in [0.25, 0.3) is 6.43 Å². The fraction of sp³-hybridized carbons (Fsp3) is 0.143. The Morgan fingerprint density at radius 2 is 1.92 bits per heavy atom. The maximum Gasteiger partial charge on any atom is 0.265 e. The van der Waals surface area contributed by atoms with E-state index < -0.39 is 17.8 Å².